The molecule has 3 rings (SSSR count). The maximum absolute atomic E-state index is 14.1. The minimum atomic E-state index is -4.87. The molecule has 238 valence electrons. The number of nitrogens with one attached hydrogen (secondary N) is 1. The third-order valence-electron chi connectivity index (χ3n) is 6.98. The lowest BCUT2D eigenvalue weighted by Gasteiger charge is -2.34. The number of alkyl halides is 3. The van der Waals surface area contributed by atoms with Gasteiger partial charge in [-0.25, -0.2) is 8.42 Å². The standard InChI is InChI=1S/C31H35ClF3N3O5S/c1-5-21(2)36-30(40)28(17-22-10-7-6-8-11-22)37(19-23-12-9-13-25(16-23)43-3)29(39)20-38(44(4,41)42)24-14-15-27(32)26(18-24)31(33,34)35/h6-16,18,21,28H,5,17,19-20H2,1-4H3,(H,36,40). The normalized spacial score (nSPS) is 13.1. The van der Waals surface area contributed by atoms with Crippen molar-refractivity contribution in [3.8, 4) is 5.75 Å². The van der Waals surface area contributed by atoms with E-state index in [-0.39, 0.29) is 19.0 Å². The van der Waals surface area contributed by atoms with E-state index < -0.39 is 56.9 Å². The van der Waals surface area contributed by atoms with Gasteiger partial charge in [0, 0.05) is 19.0 Å². The average Bonchev–Trinajstić information content (AvgIpc) is 2.97. The molecule has 0 bridgehead atoms. The molecule has 0 aliphatic heterocycles. The molecule has 2 unspecified atom stereocenters. The number of anilines is 1. The molecule has 0 spiro atoms. The second-order valence-electron chi connectivity index (χ2n) is 10.3. The average molecular weight is 654 g/mol. The summed E-state index contributed by atoms with van der Waals surface area (Å²) < 4.78 is 72.6. The van der Waals surface area contributed by atoms with Crippen molar-refractivity contribution in [3.63, 3.8) is 0 Å². The molecular formula is C31H35ClF3N3O5S. The Morgan fingerprint density at radius 3 is 2.25 bits per heavy atom. The quantitative estimate of drug-likeness (QED) is 0.256. The fraction of sp³-hybridized carbons (Fsp3) is 0.355. The van der Waals surface area contributed by atoms with Crippen LogP contribution in [0.5, 0.6) is 5.75 Å². The van der Waals surface area contributed by atoms with Crippen molar-refractivity contribution in [1.82, 2.24) is 10.2 Å². The van der Waals surface area contributed by atoms with E-state index in [9.17, 15) is 31.2 Å². The number of benzene rings is 3. The van der Waals surface area contributed by atoms with Crippen LogP contribution < -0.4 is 14.4 Å². The molecule has 0 radical (unpaired) electrons. The highest BCUT2D eigenvalue weighted by molar-refractivity contribution is 7.92. The summed E-state index contributed by atoms with van der Waals surface area (Å²) in [5.41, 5.74) is -0.319. The van der Waals surface area contributed by atoms with Crippen LogP contribution in [0.2, 0.25) is 5.02 Å². The Labute approximate surface area is 260 Å². The Bertz CT molecular complexity index is 1550. The molecule has 0 fully saturated rings. The van der Waals surface area contributed by atoms with Gasteiger partial charge < -0.3 is 15.0 Å². The number of hydrogen-bond donors (Lipinski definition) is 1. The van der Waals surface area contributed by atoms with Crippen molar-refractivity contribution in [2.24, 2.45) is 0 Å². The zero-order chi connectivity index (χ0) is 32.7. The molecule has 0 aliphatic rings. The van der Waals surface area contributed by atoms with Gasteiger partial charge in [0.1, 0.15) is 18.3 Å². The number of ether oxygens (including phenoxy) is 1. The molecule has 13 heteroatoms. The van der Waals surface area contributed by atoms with Crippen LogP contribution in [-0.4, -0.2) is 57.1 Å². The van der Waals surface area contributed by atoms with Gasteiger partial charge in [0.15, 0.2) is 0 Å². The highest BCUT2D eigenvalue weighted by Crippen LogP contribution is 2.37. The minimum absolute atomic E-state index is 0.0941. The number of nitrogens with zero attached hydrogens (tertiary/aromatic N) is 2. The summed E-state index contributed by atoms with van der Waals surface area (Å²) in [5, 5.41) is 2.29. The molecule has 3 aromatic carbocycles. The number of amides is 2. The summed E-state index contributed by atoms with van der Waals surface area (Å²) in [4.78, 5) is 29.1. The van der Waals surface area contributed by atoms with Crippen LogP contribution in [0, 0.1) is 0 Å². The fourth-order valence-electron chi connectivity index (χ4n) is 4.46. The van der Waals surface area contributed by atoms with Crippen molar-refractivity contribution in [2.45, 2.75) is 51.5 Å². The topological polar surface area (TPSA) is 96.0 Å². The van der Waals surface area contributed by atoms with Gasteiger partial charge >= 0.3 is 6.18 Å². The molecule has 2 atom stereocenters. The molecule has 3 aromatic rings. The van der Waals surface area contributed by atoms with E-state index in [1.807, 2.05) is 19.9 Å². The summed E-state index contributed by atoms with van der Waals surface area (Å²) in [6.45, 7) is 2.72. The van der Waals surface area contributed by atoms with Crippen LogP contribution in [0.25, 0.3) is 0 Å². The number of carbonyl (C=O) groups excluding carboxylic acids is 2. The minimum Gasteiger partial charge on any atom is -0.497 e. The Morgan fingerprint density at radius 2 is 1.66 bits per heavy atom. The predicted octanol–water partition coefficient (Wildman–Crippen LogP) is 5.69. The zero-order valence-electron chi connectivity index (χ0n) is 24.8. The van der Waals surface area contributed by atoms with Gasteiger partial charge in [-0.15, -0.1) is 0 Å². The lowest BCUT2D eigenvalue weighted by Crippen LogP contribution is -2.54. The summed E-state index contributed by atoms with van der Waals surface area (Å²) in [6, 6.07) is 17.1. The smallest absolute Gasteiger partial charge is 0.417 e. The molecule has 0 aromatic heterocycles. The van der Waals surface area contributed by atoms with Crippen LogP contribution in [-0.2, 0) is 38.8 Å². The van der Waals surface area contributed by atoms with Crippen LogP contribution >= 0.6 is 11.6 Å². The van der Waals surface area contributed by atoms with Gasteiger partial charge in [0.05, 0.1) is 29.6 Å². The number of hydrogen-bond acceptors (Lipinski definition) is 5. The van der Waals surface area contributed by atoms with E-state index >= 15 is 0 Å². The molecule has 44 heavy (non-hydrogen) atoms. The first-order valence-electron chi connectivity index (χ1n) is 13.7. The number of sulfonamides is 1. The summed E-state index contributed by atoms with van der Waals surface area (Å²) in [6.07, 6.45) is -3.37. The third-order valence-corrected chi connectivity index (χ3v) is 8.45. The van der Waals surface area contributed by atoms with Gasteiger partial charge in [-0.2, -0.15) is 13.2 Å². The lowest BCUT2D eigenvalue weighted by molar-refractivity contribution is -0.140. The Hall–Kier alpha value is -3.77. The van der Waals surface area contributed by atoms with Gasteiger partial charge in [-0.1, -0.05) is 61.0 Å². The van der Waals surface area contributed by atoms with E-state index in [4.69, 9.17) is 16.3 Å². The lowest BCUT2D eigenvalue weighted by atomic mass is 10.0. The number of carbonyl (C=O) groups is 2. The second kappa shape index (κ2) is 14.8. The molecular weight excluding hydrogens is 619 g/mol. The van der Waals surface area contributed by atoms with Crippen LogP contribution in [0.4, 0.5) is 18.9 Å². The van der Waals surface area contributed by atoms with E-state index in [1.165, 1.54) is 12.0 Å². The monoisotopic (exact) mass is 653 g/mol. The van der Waals surface area contributed by atoms with Crippen molar-refractivity contribution in [1.29, 1.82) is 0 Å². The highest BCUT2D eigenvalue weighted by atomic mass is 35.5. The van der Waals surface area contributed by atoms with Crippen molar-refractivity contribution in [3.05, 3.63) is 94.5 Å². The number of methoxy groups -OCH3 is 1. The van der Waals surface area contributed by atoms with E-state index in [0.29, 0.717) is 28.1 Å². The summed E-state index contributed by atoms with van der Waals surface area (Å²) in [7, 11) is -2.80. The second-order valence-corrected chi connectivity index (χ2v) is 12.6. The van der Waals surface area contributed by atoms with Gasteiger partial charge in [-0.05, 0) is 54.8 Å². The molecule has 8 nitrogen and oxygen atoms in total. The van der Waals surface area contributed by atoms with Crippen LogP contribution in [0.3, 0.4) is 0 Å². The Balaban J connectivity index is 2.12. The van der Waals surface area contributed by atoms with Crippen molar-refractivity contribution >= 4 is 39.1 Å². The third kappa shape index (κ3) is 9.36. The maximum atomic E-state index is 14.1. The van der Waals surface area contributed by atoms with Gasteiger partial charge in [-0.3, -0.25) is 13.9 Å². The van der Waals surface area contributed by atoms with Crippen LogP contribution in [0.15, 0.2) is 72.8 Å². The molecule has 0 aliphatic carbocycles. The first kappa shape index (κ1) is 34.7. The van der Waals surface area contributed by atoms with E-state index in [0.717, 1.165) is 24.0 Å². The molecule has 0 heterocycles. The largest absolute Gasteiger partial charge is 0.497 e. The number of rotatable bonds is 13. The highest BCUT2D eigenvalue weighted by Gasteiger charge is 2.36. The van der Waals surface area contributed by atoms with E-state index in [2.05, 4.69) is 5.32 Å². The first-order valence-corrected chi connectivity index (χ1v) is 16.0. The SMILES string of the molecule is CCC(C)NC(=O)C(Cc1ccccc1)N(Cc1cccc(OC)c1)C(=O)CN(c1ccc(Cl)c(C(F)(F)F)c1)S(C)(=O)=O. The van der Waals surface area contributed by atoms with Gasteiger partial charge in [0.2, 0.25) is 21.8 Å². The Kier molecular flexibility index (Phi) is 11.7. The van der Waals surface area contributed by atoms with Crippen molar-refractivity contribution < 1.29 is 35.9 Å². The molecule has 0 saturated carbocycles. The van der Waals surface area contributed by atoms with Gasteiger partial charge in [0.25, 0.3) is 0 Å². The first-order chi connectivity index (χ1) is 20.6. The predicted molar refractivity (Wildman–Crippen MR) is 164 cm³/mol. The number of halogens is 4. The zero-order valence-corrected chi connectivity index (χ0v) is 26.3. The molecule has 1 N–H and O–H groups in total. The molecule has 2 amide bonds. The maximum Gasteiger partial charge on any atom is 0.417 e. The summed E-state index contributed by atoms with van der Waals surface area (Å²) in [5.74, 6) is -0.768. The van der Waals surface area contributed by atoms with Crippen LogP contribution in [0.1, 0.15) is 37.0 Å². The Morgan fingerprint density at radius 1 is 1.00 bits per heavy atom. The van der Waals surface area contributed by atoms with Crippen molar-refractivity contribution in [2.75, 3.05) is 24.2 Å². The van der Waals surface area contributed by atoms with E-state index in [1.54, 1.807) is 48.5 Å². The summed E-state index contributed by atoms with van der Waals surface area (Å²) >= 11 is 5.76. The fourth-order valence-corrected chi connectivity index (χ4v) is 5.53. The molecule has 0 saturated heterocycles.